The van der Waals surface area contributed by atoms with Crippen LogP contribution in [0.25, 0.3) is 0 Å². The van der Waals surface area contributed by atoms with Crippen LogP contribution >= 0.6 is 11.6 Å². The van der Waals surface area contributed by atoms with Crippen LogP contribution in [0.4, 0.5) is 0 Å². The fraction of sp³-hybridized carbons (Fsp3) is 0.500. The van der Waals surface area contributed by atoms with Crippen LogP contribution in [0.15, 0.2) is 12.1 Å². The summed E-state index contributed by atoms with van der Waals surface area (Å²) in [6, 6.07) is 7.26. The second kappa shape index (κ2) is 11.2. The van der Waals surface area contributed by atoms with Gasteiger partial charge in [-0.2, -0.15) is 10.5 Å². The number of hydrogen-bond acceptors (Lipinski definition) is 6. The van der Waals surface area contributed by atoms with Crippen LogP contribution < -0.4 is 0 Å². The standard InChI is InChI=1S/C12H17N3.C8H8ClN3/c1-4-5-6-10-7-11(8-13)15-12(14-10)9(2)3;1-5(2)8-11-6(4-10)3-7(9)12-8/h7,9H,4-6H2,1-3H3;3,5H,1-2H3. The Morgan fingerprint density at radius 2 is 1.41 bits per heavy atom. The van der Waals surface area contributed by atoms with Crippen molar-refractivity contribution >= 4 is 11.6 Å². The first-order valence-electron chi connectivity index (χ1n) is 9.03. The number of nitriles is 2. The zero-order valence-corrected chi connectivity index (χ0v) is 17.2. The second-order valence-corrected chi connectivity index (χ2v) is 7.06. The molecular weight excluding hydrogens is 360 g/mol. The summed E-state index contributed by atoms with van der Waals surface area (Å²) >= 11 is 5.67. The molecular formula is C20H25ClN6. The molecule has 0 bridgehead atoms. The molecule has 2 aromatic heterocycles. The fourth-order valence-corrected chi connectivity index (χ4v) is 2.26. The molecule has 6 nitrogen and oxygen atoms in total. The highest BCUT2D eigenvalue weighted by Crippen LogP contribution is 2.13. The van der Waals surface area contributed by atoms with E-state index in [4.69, 9.17) is 22.1 Å². The Morgan fingerprint density at radius 1 is 0.889 bits per heavy atom. The average Bonchev–Trinajstić information content (AvgIpc) is 2.65. The van der Waals surface area contributed by atoms with Gasteiger partial charge >= 0.3 is 0 Å². The molecule has 0 aliphatic carbocycles. The molecule has 0 radical (unpaired) electrons. The predicted molar refractivity (Wildman–Crippen MR) is 105 cm³/mol. The van der Waals surface area contributed by atoms with E-state index in [0.29, 0.717) is 22.4 Å². The molecule has 2 rings (SSSR count). The Kier molecular flexibility index (Phi) is 9.33. The molecule has 0 fully saturated rings. The van der Waals surface area contributed by atoms with Crippen molar-refractivity contribution in [1.82, 2.24) is 19.9 Å². The van der Waals surface area contributed by atoms with E-state index >= 15 is 0 Å². The fourth-order valence-electron chi connectivity index (χ4n) is 2.07. The van der Waals surface area contributed by atoms with E-state index in [2.05, 4.69) is 32.9 Å². The molecule has 7 heteroatoms. The van der Waals surface area contributed by atoms with E-state index in [0.717, 1.165) is 30.8 Å². The molecule has 0 unspecified atom stereocenters. The molecule has 27 heavy (non-hydrogen) atoms. The normalized spacial score (nSPS) is 10.1. The van der Waals surface area contributed by atoms with Gasteiger partial charge in [0.05, 0.1) is 0 Å². The Hall–Kier alpha value is -2.57. The summed E-state index contributed by atoms with van der Waals surface area (Å²) in [6.07, 6.45) is 3.19. The van der Waals surface area contributed by atoms with Gasteiger partial charge in [-0.3, -0.25) is 0 Å². The van der Waals surface area contributed by atoms with Gasteiger partial charge in [-0.1, -0.05) is 52.6 Å². The Labute approximate surface area is 166 Å². The lowest BCUT2D eigenvalue weighted by Gasteiger charge is -2.06. The molecule has 0 N–H and O–H groups in total. The van der Waals surface area contributed by atoms with Gasteiger partial charge in [-0.25, -0.2) is 19.9 Å². The van der Waals surface area contributed by atoms with E-state index in [1.165, 1.54) is 6.07 Å². The summed E-state index contributed by atoms with van der Waals surface area (Å²) in [6.45, 7) is 10.1. The van der Waals surface area contributed by atoms with E-state index in [9.17, 15) is 0 Å². The van der Waals surface area contributed by atoms with Crippen molar-refractivity contribution in [2.24, 2.45) is 0 Å². The summed E-state index contributed by atoms with van der Waals surface area (Å²) in [5, 5.41) is 17.7. The van der Waals surface area contributed by atoms with Gasteiger partial charge in [-0.05, 0) is 18.9 Å². The highest BCUT2D eigenvalue weighted by atomic mass is 35.5. The minimum absolute atomic E-state index is 0.191. The van der Waals surface area contributed by atoms with E-state index < -0.39 is 0 Å². The summed E-state index contributed by atoms with van der Waals surface area (Å²) in [5.74, 6) is 1.86. The van der Waals surface area contributed by atoms with Crippen molar-refractivity contribution in [3.8, 4) is 12.1 Å². The summed E-state index contributed by atoms with van der Waals surface area (Å²) in [4.78, 5) is 16.6. The first-order valence-corrected chi connectivity index (χ1v) is 9.41. The Balaban J connectivity index is 0.000000277. The smallest absolute Gasteiger partial charge is 0.145 e. The first-order chi connectivity index (χ1) is 12.8. The van der Waals surface area contributed by atoms with E-state index in [1.54, 1.807) is 6.07 Å². The van der Waals surface area contributed by atoms with Crippen molar-refractivity contribution in [3.05, 3.63) is 46.0 Å². The first kappa shape index (κ1) is 22.5. The molecule has 0 aliphatic rings. The maximum Gasteiger partial charge on any atom is 0.145 e. The van der Waals surface area contributed by atoms with Crippen LogP contribution in [0.5, 0.6) is 0 Å². The summed E-state index contributed by atoms with van der Waals surface area (Å²) in [7, 11) is 0. The predicted octanol–water partition coefficient (Wildman–Crippen LogP) is 4.94. The van der Waals surface area contributed by atoms with E-state index in [1.807, 2.05) is 33.8 Å². The van der Waals surface area contributed by atoms with Crippen LogP contribution in [0.2, 0.25) is 5.15 Å². The lowest BCUT2D eigenvalue weighted by atomic mass is 10.1. The molecule has 0 saturated heterocycles. The quantitative estimate of drug-likeness (QED) is 0.677. The molecule has 0 spiro atoms. The Morgan fingerprint density at radius 3 is 1.89 bits per heavy atom. The Bertz CT molecular complexity index is 833. The minimum Gasteiger partial charge on any atom is -0.238 e. The number of nitrogens with zero attached hydrogens (tertiary/aromatic N) is 6. The molecule has 2 aromatic rings. The maximum absolute atomic E-state index is 8.85. The largest absolute Gasteiger partial charge is 0.238 e. The van der Waals surface area contributed by atoms with Crippen LogP contribution in [0.1, 0.15) is 88.0 Å². The SMILES string of the molecule is CC(C)c1nc(Cl)cc(C#N)n1.CCCCc1cc(C#N)nc(C(C)C)n1. The third kappa shape index (κ3) is 7.68. The zero-order valence-electron chi connectivity index (χ0n) is 16.5. The van der Waals surface area contributed by atoms with Crippen molar-refractivity contribution in [2.45, 2.75) is 65.7 Å². The van der Waals surface area contributed by atoms with Gasteiger partial charge in [0.1, 0.15) is 40.3 Å². The second-order valence-electron chi connectivity index (χ2n) is 6.67. The zero-order chi connectivity index (χ0) is 20.4. The number of halogens is 1. The minimum atomic E-state index is 0.191. The van der Waals surface area contributed by atoms with Gasteiger partial charge in [0.25, 0.3) is 0 Å². The summed E-state index contributed by atoms with van der Waals surface area (Å²) in [5.41, 5.74) is 1.80. The van der Waals surface area contributed by atoms with Crippen molar-refractivity contribution in [3.63, 3.8) is 0 Å². The van der Waals surface area contributed by atoms with Crippen LogP contribution in [0, 0.1) is 22.7 Å². The number of hydrogen-bond donors (Lipinski definition) is 0. The van der Waals surface area contributed by atoms with Gasteiger partial charge < -0.3 is 0 Å². The third-order valence-corrected chi connectivity index (χ3v) is 3.75. The molecule has 0 aliphatic heterocycles. The summed E-state index contributed by atoms with van der Waals surface area (Å²) < 4.78 is 0. The van der Waals surface area contributed by atoms with Gasteiger partial charge in [0.15, 0.2) is 0 Å². The van der Waals surface area contributed by atoms with Crippen molar-refractivity contribution < 1.29 is 0 Å². The van der Waals surface area contributed by atoms with E-state index in [-0.39, 0.29) is 11.8 Å². The van der Waals surface area contributed by atoms with Crippen molar-refractivity contribution in [1.29, 1.82) is 10.5 Å². The lowest BCUT2D eigenvalue weighted by molar-refractivity contribution is 0.724. The highest BCUT2D eigenvalue weighted by Gasteiger charge is 2.07. The van der Waals surface area contributed by atoms with Crippen LogP contribution in [-0.2, 0) is 6.42 Å². The molecule has 0 atom stereocenters. The number of rotatable bonds is 5. The number of aromatic nitrogens is 4. The number of unbranched alkanes of at least 4 members (excludes halogenated alkanes) is 1. The highest BCUT2D eigenvalue weighted by molar-refractivity contribution is 6.29. The average molecular weight is 385 g/mol. The lowest BCUT2D eigenvalue weighted by Crippen LogP contribution is -2.03. The monoisotopic (exact) mass is 384 g/mol. The van der Waals surface area contributed by atoms with Crippen LogP contribution in [-0.4, -0.2) is 19.9 Å². The van der Waals surface area contributed by atoms with Gasteiger partial charge in [0, 0.05) is 23.6 Å². The van der Waals surface area contributed by atoms with Gasteiger partial charge in [0.2, 0.25) is 0 Å². The topological polar surface area (TPSA) is 99.1 Å². The number of aryl methyl sites for hydroxylation is 1. The molecule has 142 valence electrons. The van der Waals surface area contributed by atoms with Crippen molar-refractivity contribution in [2.75, 3.05) is 0 Å². The molecule has 0 saturated carbocycles. The molecule has 0 aromatic carbocycles. The van der Waals surface area contributed by atoms with Gasteiger partial charge in [-0.15, -0.1) is 0 Å². The maximum atomic E-state index is 8.85. The van der Waals surface area contributed by atoms with Crippen LogP contribution in [0.3, 0.4) is 0 Å². The molecule has 0 amide bonds. The molecule has 2 heterocycles. The third-order valence-electron chi connectivity index (χ3n) is 3.56.